The van der Waals surface area contributed by atoms with E-state index in [1.165, 1.54) is 5.56 Å². The lowest BCUT2D eigenvalue weighted by Crippen LogP contribution is -2.35. The smallest absolute Gasteiger partial charge is 0.255 e. The van der Waals surface area contributed by atoms with Crippen LogP contribution in [-0.2, 0) is 23.1 Å². The number of benzene rings is 3. The molecule has 1 aliphatic rings. The molecule has 1 heterocycles. The van der Waals surface area contributed by atoms with E-state index in [-0.39, 0.29) is 10.8 Å². The van der Waals surface area contributed by atoms with Gasteiger partial charge in [0.15, 0.2) is 0 Å². The van der Waals surface area contributed by atoms with Crippen molar-refractivity contribution in [2.75, 3.05) is 25.5 Å². The topological polar surface area (TPSA) is 69.7 Å². The summed E-state index contributed by atoms with van der Waals surface area (Å²) in [7, 11) is -1.41. The third-order valence-corrected chi connectivity index (χ3v) is 7.94. The molecule has 7 heteroatoms. The molecule has 0 aromatic heterocycles. The molecule has 1 amide bonds. The Balaban J connectivity index is 1.33. The summed E-state index contributed by atoms with van der Waals surface area (Å²) >= 11 is 0. The monoisotopic (exact) mass is 477 g/mol. The number of piperidine rings is 1. The minimum Gasteiger partial charge on any atom is -0.322 e. The van der Waals surface area contributed by atoms with Crippen LogP contribution in [-0.4, -0.2) is 43.7 Å². The second-order valence-corrected chi connectivity index (χ2v) is 10.7. The van der Waals surface area contributed by atoms with Gasteiger partial charge in [0.05, 0.1) is 4.90 Å². The Bertz CT molecular complexity index is 1190. The van der Waals surface area contributed by atoms with Crippen molar-refractivity contribution < 1.29 is 13.2 Å². The SMILES string of the molecule is CN(Cc1ccccc1)Cc1ccc(C(=O)Nc2ccc(S(=O)(=O)N3CCCCC3)cc2)cc1. The lowest BCUT2D eigenvalue weighted by molar-refractivity contribution is 0.102. The van der Waals surface area contributed by atoms with Crippen molar-refractivity contribution in [3.63, 3.8) is 0 Å². The lowest BCUT2D eigenvalue weighted by Gasteiger charge is -2.25. The Morgan fingerprint density at radius 2 is 1.41 bits per heavy atom. The Labute approximate surface area is 202 Å². The maximum Gasteiger partial charge on any atom is 0.255 e. The van der Waals surface area contributed by atoms with Gasteiger partial charge in [0.25, 0.3) is 5.91 Å². The van der Waals surface area contributed by atoms with E-state index in [1.54, 1.807) is 28.6 Å². The largest absolute Gasteiger partial charge is 0.322 e. The molecule has 0 bridgehead atoms. The van der Waals surface area contributed by atoms with Crippen LogP contribution in [0.5, 0.6) is 0 Å². The summed E-state index contributed by atoms with van der Waals surface area (Å²) in [5.41, 5.74) is 3.51. The third kappa shape index (κ3) is 6.11. The molecule has 1 saturated heterocycles. The molecule has 0 spiro atoms. The van der Waals surface area contributed by atoms with Gasteiger partial charge in [-0.1, -0.05) is 48.9 Å². The number of carbonyl (C=O) groups excluding carboxylic acids is 1. The molecule has 3 aromatic carbocycles. The van der Waals surface area contributed by atoms with Crippen molar-refractivity contribution in [3.05, 3.63) is 95.6 Å². The fourth-order valence-electron chi connectivity index (χ4n) is 4.19. The van der Waals surface area contributed by atoms with E-state index in [2.05, 4.69) is 29.4 Å². The summed E-state index contributed by atoms with van der Waals surface area (Å²) in [6.07, 6.45) is 2.87. The first kappa shape index (κ1) is 24.1. The van der Waals surface area contributed by atoms with Gasteiger partial charge in [-0.25, -0.2) is 8.42 Å². The molecule has 1 fully saturated rings. The van der Waals surface area contributed by atoms with E-state index in [9.17, 15) is 13.2 Å². The molecule has 6 nitrogen and oxygen atoms in total. The summed E-state index contributed by atoms with van der Waals surface area (Å²) < 4.78 is 27.1. The number of sulfonamides is 1. The minimum absolute atomic E-state index is 0.226. The second-order valence-electron chi connectivity index (χ2n) is 8.80. The van der Waals surface area contributed by atoms with E-state index in [0.717, 1.165) is 37.9 Å². The first-order valence-corrected chi connectivity index (χ1v) is 13.1. The number of carbonyl (C=O) groups is 1. The molecule has 1 aliphatic heterocycles. The first-order chi connectivity index (χ1) is 16.4. The average Bonchev–Trinajstić information content (AvgIpc) is 2.86. The standard InChI is InChI=1S/C27H31N3O3S/c1-29(20-22-8-4-2-5-9-22)21-23-10-12-24(13-11-23)27(31)28-25-14-16-26(17-15-25)34(32,33)30-18-6-3-7-19-30/h2,4-5,8-17H,3,6-7,18-21H2,1H3,(H,28,31). The molecule has 3 aromatic rings. The number of anilines is 1. The quantitative estimate of drug-likeness (QED) is 0.509. The van der Waals surface area contributed by atoms with E-state index in [1.807, 2.05) is 42.5 Å². The van der Waals surface area contributed by atoms with E-state index >= 15 is 0 Å². The number of nitrogens with zero attached hydrogens (tertiary/aromatic N) is 2. The highest BCUT2D eigenvalue weighted by molar-refractivity contribution is 7.89. The minimum atomic E-state index is -3.48. The number of hydrogen-bond donors (Lipinski definition) is 1. The van der Waals surface area contributed by atoms with Crippen molar-refractivity contribution in [1.29, 1.82) is 0 Å². The van der Waals surface area contributed by atoms with Crippen LogP contribution in [0.4, 0.5) is 5.69 Å². The van der Waals surface area contributed by atoms with Gasteiger partial charge in [-0.15, -0.1) is 0 Å². The molecule has 0 saturated carbocycles. The van der Waals surface area contributed by atoms with Crippen LogP contribution in [0.1, 0.15) is 40.7 Å². The van der Waals surface area contributed by atoms with Gasteiger partial charge in [0.2, 0.25) is 10.0 Å². The zero-order chi connectivity index (χ0) is 24.0. The van der Waals surface area contributed by atoms with Gasteiger partial charge in [0, 0.05) is 37.4 Å². The summed E-state index contributed by atoms with van der Waals surface area (Å²) in [6, 6.07) is 24.3. The maximum atomic E-state index is 12.8. The zero-order valence-electron chi connectivity index (χ0n) is 19.5. The highest BCUT2D eigenvalue weighted by atomic mass is 32.2. The van der Waals surface area contributed by atoms with Crippen molar-refractivity contribution in [2.24, 2.45) is 0 Å². The van der Waals surface area contributed by atoms with Crippen LogP contribution in [0.25, 0.3) is 0 Å². The van der Waals surface area contributed by atoms with Crippen molar-refractivity contribution in [1.82, 2.24) is 9.21 Å². The Hall–Kier alpha value is -3.00. The molecule has 0 radical (unpaired) electrons. The van der Waals surface area contributed by atoms with Gasteiger partial charge in [-0.3, -0.25) is 9.69 Å². The first-order valence-electron chi connectivity index (χ1n) is 11.6. The second kappa shape index (κ2) is 11.0. The summed E-state index contributed by atoms with van der Waals surface area (Å²) in [5.74, 6) is -0.226. The average molecular weight is 478 g/mol. The van der Waals surface area contributed by atoms with Crippen LogP contribution < -0.4 is 5.32 Å². The molecule has 0 unspecified atom stereocenters. The van der Waals surface area contributed by atoms with Crippen LogP contribution in [0.2, 0.25) is 0 Å². The molecular formula is C27H31N3O3S. The predicted molar refractivity (Wildman–Crippen MR) is 135 cm³/mol. The van der Waals surface area contributed by atoms with Gasteiger partial charge in [-0.2, -0.15) is 4.31 Å². The van der Waals surface area contributed by atoms with E-state index in [4.69, 9.17) is 0 Å². The third-order valence-electron chi connectivity index (χ3n) is 6.03. The number of rotatable bonds is 8. The number of hydrogen-bond acceptors (Lipinski definition) is 4. The highest BCUT2D eigenvalue weighted by Crippen LogP contribution is 2.22. The predicted octanol–water partition coefficient (Wildman–Crippen LogP) is 4.75. The molecule has 4 rings (SSSR count). The Morgan fingerprint density at radius 1 is 0.824 bits per heavy atom. The van der Waals surface area contributed by atoms with Gasteiger partial charge < -0.3 is 5.32 Å². The molecule has 0 aliphatic carbocycles. The molecule has 34 heavy (non-hydrogen) atoms. The van der Waals surface area contributed by atoms with E-state index < -0.39 is 10.0 Å². The van der Waals surface area contributed by atoms with Gasteiger partial charge >= 0.3 is 0 Å². The van der Waals surface area contributed by atoms with Crippen molar-refractivity contribution in [2.45, 2.75) is 37.2 Å². The van der Waals surface area contributed by atoms with Crippen LogP contribution in [0.3, 0.4) is 0 Å². The zero-order valence-corrected chi connectivity index (χ0v) is 20.3. The fraction of sp³-hybridized carbons (Fsp3) is 0.296. The van der Waals surface area contributed by atoms with Crippen LogP contribution in [0, 0.1) is 0 Å². The fourth-order valence-corrected chi connectivity index (χ4v) is 5.71. The number of nitrogens with one attached hydrogen (secondary N) is 1. The van der Waals surface area contributed by atoms with E-state index in [0.29, 0.717) is 24.3 Å². The molecule has 0 atom stereocenters. The van der Waals surface area contributed by atoms with Crippen molar-refractivity contribution >= 4 is 21.6 Å². The molecular weight excluding hydrogens is 446 g/mol. The lowest BCUT2D eigenvalue weighted by atomic mass is 10.1. The van der Waals surface area contributed by atoms with Crippen LogP contribution in [0.15, 0.2) is 83.8 Å². The normalized spacial score (nSPS) is 14.8. The summed E-state index contributed by atoms with van der Waals surface area (Å²) in [5, 5.41) is 2.85. The van der Waals surface area contributed by atoms with Gasteiger partial charge in [-0.05, 0) is 67.4 Å². The van der Waals surface area contributed by atoms with Gasteiger partial charge in [0.1, 0.15) is 0 Å². The Morgan fingerprint density at radius 3 is 2.03 bits per heavy atom. The molecule has 1 N–H and O–H groups in total. The maximum absolute atomic E-state index is 12.8. The van der Waals surface area contributed by atoms with Crippen LogP contribution >= 0.6 is 0 Å². The van der Waals surface area contributed by atoms with Crippen molar-refractivity contribution in [3.8, 4) is 0 Å². The number of amides is 1. The summed E-state index contributed by atoms with van der Waals surface area (Å²) in [4.78, 5) is 15.2. The Kier molecular flexibility index (Phi) is 7.77. The summed E-state index contributed by atoms with van der Waals surface area (Å²) in [6.45, 7) is 2.77. The highest BCUT2D eigenvalue weighted by Gasteiger charge is 2.25. The molecule has 178 valence electrons.